The molecule has 0 radical (unpaired) electrons. The number of nitro groups is 1. The fourth-order valence-corrected chi connectivity index (χ4v) is 3.54. The molecule has 0 aliphatic heterocycles. The number of rotatable bonds is 6. The molecule has 0 saturated heterocycles. The third-order valence-electron chi connectivity index (χ3n) is 4.56. The van der Waals surface area contributed by atoms with Crippen LogP contribution in [-0.2, 0) is 9.84 Å². The molecule has 114 valence electrons. The van der Waals surface area contributed by atoms with Crippen LogP contribution in [0.3, 0.4) is 0 Å². The maximum Gasteiger partial charge on any atom is 0.293 e. The summed E-state index contributed by atoms with van der Waals surface area (Å²) in [6.45, 7) is 0.733. The Labute approximate surface area is 123 Å². The summed E-state index contributed by atoms with van der Waals surface area (Å²) in [5.41, 5.74) is 0.549. The Morgan fingerprint density at radius 3 is 2.52 bits per heavy atom. The van der Waals surface area contributed by atoms with Crippen molar-refractivity contribution in [2.24, 2.45) is 11.3 Å². The van der Waals surface area contributed by atoms with Gasteiger partial charge in [0.05, 0.1) is 9.82 Å². The number of sulfone groups is 1. The standard InChI is InChI=1S/C14H18N2O4S/c1-21(19,20)11-4-5-12(13(8-11)16(17)18)15-9-14(6-7-14)10-2-3-10/h4-5,8,10,15H,2-3,6-7,9H2,1H3. The van der Waals surface area contributed by atoms with E-state index < -0.39 is 14.8 Å². The predicted molar refractivity (Wildman–Crippen MR) is 79.1 cm³/mol. The molecule has 0 amide bonds. The number of anilines is 1. The Morgan fingerprint density at radius 1 is 1.38 bits per heavy atom. The summed E-state index contributed by atoms with van der Waals surface area (Å²) in [4.78, 5) is 10.6. The zero-order valence-corrected chi connectivity index (χ0v) is 12.6. The zero-order valence-electron chi connectivity index (χ0n) is 11.8. The molecular weight excluding hydrogens is 292 g/mol. The van der Waals surface area contributed by atoms with Gasteiger partial charge in [-0.25, -0.2) is 8.42 Å². The van der Waals surface area contributed by atoms with Gasteiger partial charge in [0.15, 0.2) is 9.84 Å². The highest BCUT2D eigenvalue weighted by atomic mass is 32.2. The molecule has 2 aliphatic rings. The second-order valence-corrected chi connectivity index (χ2v) is 8.21. The Bertz CT molecular complexity index is 691. The highest BCUT2D eigenvalue weighted by Crippen LogP contribution is 2.61. The third kappa shape index (κ3) is 2.88. The molecular formula is C14H18N2O4S. The van der Waals surface area contributed by atoms with Crippen LogP contribution in [0.25, 0.3) is 0 Å². The van der Waals surface area contributed by atoms with Gasteiger partial charge in [0.2, 0.25) is 0 Å². The summed E-state index contributed by atoms with van der Waals surface area (Å²) >= 11 is 0. The first-order valence-electron chi connectivity index (χ1n) is 7.04. The first kappa shape index (κ1) is 14.3. The number of nitro benzene ring substituents is 1. The third-order valence-corrected chi connectivity index (χ3v) is 5.67. The lowest BCUT2D eigenvalue weighted by Crippen LogP contribution is -2.18. The van der Waals surface area contributed by atoms with Crippen LogP contribution in [0, 0.1) is 21.4 Å². The van der Waals surface area contributed by atoms with Crippen LogP contribution in [0.5, 0.6) is 0 Å². The number of nitrogens with one attached hydrogen (secondary N) is 1. The van der Waals surface area contributed by atoms with E-state index >= 15 is 0 Å². The van der Waals surface area contributed by atoms with E-state index in [1.54, 1.807) is 0 Å². The molecule has 6 nitrogen and oxygen atoms in total. The number of benzene rings is 1. The molecule has 0 bridgehead atoms. The van der Waals surface area contributed by atoms with Crippen molar-refractivity contribution in [2.45, 2.75) is 30.6 Å². The molecule has 1 N–H and O–H groups in total. The van der Waals surface area contributed by atoms with Gasteiger partial charge in [0.1, 0.15) is 5.69 Å². The van der Waals surface area contributed by atoms with Crippen LogP contribution >= 0.6 is 0 Å². The van der Waals surface area contributed by atoms with Gasteiger partial charge in [-0.1, -0.05) is 0 Å². The second kappa shape index (κ2) is 4.69. The lowest BCUT2D eigenvalue weighted by Gasteiger charge is -2.16. The van der Waals surface area contributed by atoms with E-state index in [2.05, 4.69) is 5.32 Å². The number of hydrogen-bond acceptors (Lipinski definition) is 5. The van der Waals surface area contributed by atoms with Crippen molar-refractivity contribution in [1.82, 2.24) is 0 Å². The van der Waals surface area contributed by atoms with Crippen molar-refractivity contribution < 1.29 is 13.3 Å². The first-order chi connectivity index (χ1) is 9.82. The van der Waals surface area contributed by atoms with Gasteiger partial charge < -0.3 is 5.32 Å². The van der Waals surface area contributed by atoms with Gasteiger partial charge in [-0.05, 0) is 49.1 Å². The minimum atomic E-state index is -3.44. The molecule has 2 saturated carbocycles. The first-order valence-corrected chi connectivity index (χ1v) is 8.93. The van der Waals surface area contributed by atoms with Crippen LogP contribution in [0.2, 0.25) is 0 Å². The summed E-state index contributed by atoms with van der Waals surface area (Å²) in [6.07, 6.45) is 5.93. The maximum atomic E-state index is 11.5. The summed E-state index contributed by atoms with van der Waals surface area (Å²) in [6, 6.07) is 4.05. The smallest absolute Gasteiger partial charge is 0.293 e. The molecule has 0 unspecified atom stereocenters. The van der Waals surface area contributed by atoms with Crippen LogP contribution in [0.1, 0.15) is 25.7 Å². The van der Waals surface area contributed by atoms with E-state index in [0.717, 1.165) is 24.8 Å². The van der Waals surface area contributed by atoms with Crippen molar-refractivity contribution in [3.63, 3.8) is 0 Å². The molecule has 1 aromatic rings. The molecule has 1 aromatic carbocycles. The molecule has 0 atom stereocenters. The summed E-state index contributed by atoms with van der Waals surface area (Å²) in [7, 11) is -3.44. The Kier molecular flexibility index (Phi) is 3.20. The Balaban J connectivity index is 1.82. The minimum Gasteiger partial charge on any atom is -0.379 e. The van der Waals surface area contributed by atoms with Crippen molar-refractivity contribution in [3.05, 3.63) is 28.3 Å². The van der Waals surface area contributed by atoms with Crippen LogP contribution in [0.15, 0.2) is 23.1 Å². The average molecular weight is 310 g/mol. The van der Waals surface area contributed by atoms with Crippen LogP contribution in [-0.4, -0.2) is 26.1 Å². The van der Waals surface area contributed by atoms with Gasteiger partial charge in [-0.3, -0.25) is 10.1 Å². The maximum absolute atomic E-state index is 11.5. The van der Waals surface area contributed by atoms with Crippen LogP contribution < -0.4 is 5.32 Å². The SMILES string of the molecule is CS(=O)(=O)c1ccc(NCC2(C3CC3)CC2)c([N+](=O)[O-])c1. The second-order valence-electron chi connectivity index (χ2n) is 6.20. The monoisotopic (exact) mass is 310 g/mol. The van der Waals surface area contributed by atoms with E-state index in [0.29, 0.717) is 11.1 Å². The molecule has 0 heterocycles. The molecule has 0 spiro atoms. The van der Waals surface area contributed by atoms with E-state index in [1.165, 1.54) is 37.8 Å². The highest BCUT2D eigenvalue weighted by molar-refractivity contribution is 7.90. The average Bonchev–Trinajstić information content (AvgIpc) is 3.25. The van der Waals surface area contributed by atoms with Crippen LogP contribution in [0.4, 0.5) is 11.4 Å². The van der Waals surface area contributed by atoms with Gasteiger partial charge >= 0.3 is 0 Å². The molecule has 3 rings (SSSR count). The van der Waals surface area contributed by atoms with Gasteiger partial charge in [-0.2, -0.15) is 0 Å². The zero-order chi connectivity index (χ0) is 15.3. The molecule has 2 aliphatic carbocycles. The summed E-state index contributed by atoms with van der Waals surface area (Å²) in [5.74, 6) is 0.763. The molecule has 21 heavy (non-hydrogen) atoms. The fourth-order valence-electron chi connectivity index (χ4n) is 2.90. The molecule has 2 fully saturated rings. The Hall–Kier alpha value is -1.63. The van der Waals surface area contributed by atoms with Gasteiger partial charge in [0, 0.05) is 18.9 Å². The number of nitrogens with zero attached hydrogens (tertiary/aromatic N) is 1. The van der Waals surface area contributed by atoms with Gasteiger partial charge in [-0.15, -0.1) is 0 Å². The number of hydrogen-bond donors (Lipinski definition) is 1. The molecule has 0 aromatic heterocycles. The van der Waals surface area contributed by atoms with E-state index in [1.807, 2.05) is 0 Å². The van der Waals surface area contributed by atoms with Crippen molar-refractivity contribution >= 4 is 21.2 Å². The summed E-state index contributed by atoms with van der Waals surface area (Å²) < 4.78 is 23.0. The lowest BCUT2D eigenvalue weighted by atomic mass is 10.0. The minimum absolute atomic E-state index is 0.0249. The Morgan fingerprint density at radius 2 is 2.05 bits per heavy atom. The van der Waals surface area contributed by atoms with Crippen molar-refractivity contribution in [3.8, 4) is 0 Å². The van der Waals surface area contributed by atoms with E-state index in [9.17, 15) is 18.5 Å². The largest absolute Gasteiger partial charge is 0.379 e. The lowest BCUT2D eigenvalue weighted by molar-refractivity contribution is -0.384. The van der Waals surface area contributed by atoms with Crippen molar-refractivity contribution in [2.75, 3.05) is 18.1 Å². The van der Waals surface area contributed by atoms with Crippen molar-refractivity contribution in [1.29, 1.82) is 0 Å². The quantitative estimate of drug-likeness (QED) is 0.644. The van der Waals surface area contributed by atoms with E-state index in [-0.39, 0.29) is 10.6 Å². The molecule has 7 heteroatoms. The summed E-state index contributed by atoms with van der Waals surface area (Å²) in [5, 5.41) is 14.3. The topological polar surface area (TPSA) is 89.3 Å². The van der Waals surface area contributed by atoms with Gasteiger partial charge in [0.25, 0.3) is 5.69 Å². The predicted octanol–water partition coefficient (Wildman–Crippen LogP) is 2.60. The highest BCUT2D eigenvalue weighted by Gasteiger charge is 2.53. The normalized spacial score (nSPS) is 20.0. The fraction of sp³-hybridized carbons (Fsp3) is 0.571. The van der Waals surface area contributed by atoms with E-state index in [4.69, 9.17) is 0 Å².